The van der Waals surface area contributed by atoms with Crippen molar-refractivity contribution >= 4 is 50.6 Å². The van der Waals surface area contributed by atoms with Crippen molar-refractivity contribution in [2.75, 3.05) is 6.61 Å². The molecule has 0 aliphatic rings. The number of benzene rings is 3. The van der Waals surface area contributed by atoms with Gasteiger partial charge in [0, 0.05) is 5.56 Å². The number of nitrogens with zero attached hydrogens (tertiary/aromatic N) is 3. The zero-order chi connectivity index (χ0) is 26.0. The minimum absolute atomic E-state index is 0.0430. The molecular formula is C24H14BrClF3N3O4. The van der Waals surface area contributed by atoms with Crippen LogP contribution in [0.15, 0.2) is 75.0 Å². The Balaban J connectivity index is 1.84. The zero-order valence-electron chi connectivity index (χ0n) is 18.0. The van der Waals surface area contributed by atoms with E-state index in [1.54, 1.807) is 18.2 Å². The fraction of sp³-hybridized carbons (Fsp3) is 0.0833. The molecule has 7 nitrogen and oxygen atoms in total. The second-order valence-corrected chi connectivity index (χ2v) is 8.65. The number of alkyl halides is 3. The maximum atomic E-state index is 13.3. The predicted molar refractivity (Wildman–Crippen MR) is 132 cm³/mol. The van der Waals surface area contributed by atoms with Gasteiger partial charge in [0.2, 0.25) is 0 Å². The Bertz CT molecular complexity index is 1550. The molecule has 0 radical (unpaired) electrons. The predicted octanol–water partition coefficient (Wildman–Crippen LogP) is 5.84. The van der Waals surface area contributed by atoms with Gasteiger partial charge in [-0.2, -0.15) is 22.9 Å². The summed E-state index contributed by atoms with van der Waals surface area (Å²) in [6.45, 7) is -0.607. The number of carboxylic acids is 1. The first-order chi connectivity index (χ1) is 17.0. The van der Waals surface area contributed by atoms with Gasteiger partial charge in [0.1, 0.15) is 0 Å². The van der Waals surface area contributed by atoms with Gasteiger partial charge in [0.15, 0.2) is 18.2 Å². The average molecular weight is 581 g/mol. The van der Waals surface area contributed by atoms with Crippen LogP contribution in [0.3, 0.4) is 0 Å². The second-order valence-electron chi connectivity index (χ2n) is 7.39. The van der Waals surface area contributed by atoms with Crippen molar-refractivity contribution in [3.63, 3.8) is 0 Å². The monoisotopic (exact) mass is 579 g/mol. The van der Waals surface area contributed by atoms with Gasteiger partial charge < -0.3 is 9.84 Å². The maximum Gasteiger partial charge on any atom is 0.416 e. The molecule has 4 rings (SSSR count). The number of fused-ring (bicyclic) bond motifs is 1. The molecule has 0 fully saturated rings. The number of para-hydroxylation sites is 1. The van der Waals surface area contributed by atoms with E-state index in [2.05, 4.69) is 26.0 Å². The van der Waals surface area contributed by atoms with E-state index in [0.717, 1.165) is 16.8 Å². The Hall–Kier alpha value is -3.70. The molecule has 12 heteroatoms. The van der Waals surface area contributed by atoms with Crippen molar-refractivity contribution in [3.8, 4) is 17.1 Å². The van der Waals surface area contributed by atoms with Crippen LogP contribution < -0.4 is 10.3 Å². The molecule has 36 heavy (non-hydrogen) atoms. The number of rotatable bonds is 6. The lowest BCUT2D eigenvalue weighted by atomic mass is 10.1. The minimum atomic E-state index is -4.59. The third-order valence-corrected chi connectivity index (χ3v) is 5.75. The maximum absolute atomic E-state index is 13.3. The lowest BCUT2D eigenvalue weighted by Crippen LogP contribution is -2.20. The fourth-order valence-electron chi connectivity index (χ4n) is 3.30. The smallest absolute Gasteiger partial charge is 0.416 e. The molecule has 0 saturated heterocycles. The van der Waals surface area contributed by atoms with Crippen molar-refractivity contribution in [3.05, 3.63) is 91.6 Å². The van der Waals surface area contributed by atoms with Crippen LogP contribution in [0.2, 0.25) is 5.02 Å². The minimum Gasteiger partial charge on any atom is -0.479 e. The number of aliphatic carboxylic acids is 1. The largest absolute Gasteiger partial charge is 0.479 e. The molecule has 1 N–H and O–H groups in total. The molecule has 4 aromatic rings. The highest BCUT2D eigenvalue weighted by Gasteiger charge is 2.31. The van der Waals surface area contributed by atoms with Crippen LogP contribution in [-0.4, -0.2) is 33.6 Å². The molecule has 0 aliphatic heterocycles. The van der Waals surface area contributed by atoms with E-state index in [9.17, 15) is 22.8 Å². The molecular weight excluding hydrogens is 567 g/mol. The summed E-state index contributed by atoms with van der Waals surface area (Å²) in [5.74, 6) is -1.17. The van der Waals surface area contributed by atoms with Crippen molar-refractivity contribution in [2.45, 2.75) is 6.18 Å². The van der Waals surface area contributed by atoms with E-state index >= 15 is 0 Å². The van der Waals surface area contributed by atoms with Crippen LogP contribution in [0.25, 0.3) is 22.3 Å². The fourth-order valence-corrected chi connectivity index (χ4v) is 4.29. The molecule has 0 unspecified atom stereocenters. The third kappa shape index (κ3) is 5.42. The Morgan fingerprint density at radius 2 is 1.92 bits per heavy atom. The number of carboxylic acid groups (broad SMARTS) is 1. The van der Waals surface area contributed by atoms with E-state index in [0.29, 0.717) is 15.6 Å². The first kappa shape index (κ1) is 25.4. The topological polar surface area (TPSA) is 93.8 Å². The van der Waals surface area contributed by atoms with Crippen molar-refractivity contribution in [1.29, 1.82) is 0 Å². The van der Waals surface area contributed by atoms with Crippen molar-refractivity contribution < 1.29 is 27.8 Å². The first-order valence-corrected chi connectivity index (χ1v) is 11.3. The third-order valence-electron chi connectivity index (χ3n) is 4.88. The van der Waals surface area contributed by atoms with Gasteiger partial charge in [-0.25, -0.2) is 9.78 Å². The summed E-state index contributed by atoms with van der Waals surface area (Å²) < 4.78 is 46.3. The lowest BCUT2D eigenvalue weighted by molar-refractivity contribution is -0.139. The van der Waals surface area contributed by atoms with Crippen LogP contribution in [-0.2, 0) is 11.0 Å². The van der Waals surface area contributed by atoms with Crippen LogP contribution in [0, 0.1) is 0 Å². The zero-order valence-corrected chi connectivity index (χ0v) is 20.3. The number of hydrogen-bond donors (Lipinski definition) is 1. The molecule has 1 aromatic heterocycles. The lowest BCUT2D eigenvalue weighted by Gasteiger charge is -2.12. The Morgan fingerprint density at radius 1 is 1.17 bits per heavy atom. The Morgan fingerprint density at radius 3 is 2.61 bits per heavy atom. The average Bonchev–Trinajstić information content (AvgIpc) is 2.82. The van der Waals surface area contributed by atoms with Gasteiger partial charge in [-0.3, -0.25) is 4.79 Å². The second kappa shape index (κ2) is 10.1. The summed E-state index contributed by atoms with van der Waals surface area (Å²) in [6.07, 6.45) is -3.32. The molecule has 1 heterocycles. The molecule has 184 valence electrons. The van der Waals surface area contributed by atoms with E-state index in [-0.39, 0.29) is 27.5 Å². The summed E-state index contributed by atoms with van der Waals surface area (Å²) in [6, 6.07) is 13.8. The molecule has 0 aliphatic carbocycles. The van der Waals surface area contributed by atoms with E-state index in [1.807, 2.05) is 0 Å². The van der Waals surface area contributed by atoms with Gasteiger partial charge in [-0.15, -0.1) is 0 Å². The molecule has 3 aromatic carbocycles. The van der Waals surface area contributed by atoms with E-state index in [4.69, 9.17) is 21.4 Å². The van der Waals surface area contributed by atoms with Gasteiger partial charge >= 0.3 is 12.1 Å². The highest BCUT2D eigenvalue weighted by molar-refractivity contribution is 9.10. The van der Waals surface area contributed by atoms with Crippen LogP contribution in [0.5, 0.6) is 5.75 Å². The summed E-state index contributed by atoms with van der Waals surface area (Å²) in [5.41, 5.74) is -0.750. The number of halogens is 5. The quantitative estimate of drug-likeness (QED) is 0.289. The van der Waals surface area contributed by atoms with Crippen molar-refractivity contribution in [1.82, 2.24) is 9.66 Å². The molecule has 0 atom stereocenters. The van der Waals surface area contributed by atoms with Crippen LogP contribution >= 0.6 is 27.5 Å². The number of carbonyl (C=O) groups is 1. The van der Waals surface area contributed by atoms with Gasteiger partial charge in [0.25, 0.3) is 5.56 Å². The van der Waals surface area contributed by atoms with Crippen LogP contribution in [0.4, 0.5) is 13.2 Å². The van der Waals surface area contributed by atoms with Gasteiger partial charge in [-0.1, -0.05) is 35.9 Å². The summed E-state index contributed by atoms with van der Waals surface area (Å²) in [5, 5.41) is 13.3. The standard InChI is InChI=1S/C24H14BrClF3N3O4/c25-17-8-13(9-18(26)21(17)36-12-20(33)34)11-30-32-22(14-4-3-5-15(10-14)24(27,28)29)31-19-7-2-1-6-16(19)23(32)35/h1-11H,12H2,(H,33,34). The van der Waals surface area contributed by atoms with E-state index in [1.165, 1.54) is 36.5 Å². The normalized spacial score (nSPS) is 11.8. The molecule has 0 saturated carbocycles. The highest BCUT2D eigenvalue weighted by Crippen LogP contribution is 2.34. The van der Waals surface area contributed by atoms with Crippen LogP contribution in [0.1, 0.15) is 11.1 Å². The number of ether oxygens (including phenoxy) is 1. The summed E-state index contributed by atoms with van der Waals surface area (Å²) in [4.78, 5) is 28.4. The SMILES string of the molecule is O=C(O)COc1c(Cl)cc(C=Nn2c(-c3cccc(C(F)(F)F)c3)nc3ccccc3c2=O)cc1Br. The molecule has 0 spiro atoms. The highest BCUT2D eigenvalue weighted by atomic mass is 79.9. The number of aromatic nitrogens is 2. The molecule has 0 bridgehead atoms. The van der Waals surface area contributed by atoms with Gasteiger partial charge in [-0.05, 0) is 57.9 Å². The summed E-state index contributed by atoms with van der Waals surface area (Å²) >= 11 is 9.45. The Kier molecular flexibility index (Phi) is 7.14. The number of hydrogen-bond acceptors (Lipinski definition) is 5. The summed E-state index contributed by atoms with van der Waals surface area (Å²) in [7, 11) is 0. The molecule has 0 amide bonds. The first-order valence-electron chi connectivity index (χ1n) is 10.1. The van der Waals surface area contributed by atoms with Gasteiger partial charge in [0.05, 0.1) is 32.2 Å². The van der Waals surface area contributed by atoms with E-state index < -0.39 is 29.9 Å². The van der Waals surface area contributed by atoms with Crippen molar-refractivity contribution in [2.24, 2.45) is 5.10 Å². The Labute approximate surface area is 214 Å².